The summed E-state index contributed by atoms with van der Waals surface area (Å²) >= 11 is 0. The van der Waals surface area contributed by atoms with Gasteiger partial charge in [0, 0.05) is 30.7 Å². The van der Waals surface area contributed by atoms with Gasteiger partial charge in [0.15, 0.2) is 18.2 Å². The molecule has 0 spiro atoms. The highest BCUT2D eigenvalue weighted by molar-refractivity contribution is 5.32. The second kappa shape index (κ2) is 10.6. The van der Waals surface area contributed by atoms with Gasteiger partial charge in [-0.25, -0.2) is 0 Å². The largest absolute Gasteiger partial charge is 1.00 e. The number of piperidine rings is 3. The van der Waals surface area contributed by atoms with Crippen LogP contribution < -0.4 is 17.1 Å². The fourth-order valence-electron chi connectivity index (χ4n) is 6.81. The van der Waals surface area contributed by atoms with Crippen LogP contribution in [-0.4, -0.2) is 50.6 Å². The second-order valence-corrected chi connectivity index (χ2v) is 11.1. The van der Waals surface area contributed by atoms with Crippen molar-refractivity contribution in [3.63, 3.8) is 0 Å². The summed E-state index contributed by atoms with van der Waals surface area (Å²) in [5, 5.41) is 30.9. The summed E-state index contributed by atoms with van der Waals surface area (Å²) in [5.41, 5.74) is -0.430. The molecule has 0 amide bonds. The molecule has 4 fully saturated rings. The van der Waals surface area contributed by atoms with E-state index in [-0.39, 0.29) is 30.2 Å². The zero-order valence-corrected chi connectivity index (χ0v) is 21.9. The Hall–Kier alpha value is -2.61. The van der Waals surface area contributed by atoms with Gasteiger partial charge in [-0.1, -0.05) is 55.7 Å². The quantitative estimate of drug-likeness (QED) is 0.457. The van der Waals surface area contributed by atoms with Crippen molar-refractivity contribution in [2.75, 3.05) is 19.6 Å². The van der Waals surface area contributed by atoms with Gasteiger partial charge in [0.05, 0.1) is 13.1 Å². The Morgan fingerprint density at radius 3 is 2.43 bits per heavy atom. The van der Waals surface area contributed by atoms with Crippen LogP contribution in [0.4, 0.5) is 0 Å². The number of benzene rings is 2. The van der Waals surface area contributed by atoms with Crippen LogP contribution in [0.3, 0.4) is 0 Å². The third kappa shape index (κ3) is 5.09. The van der Waals surface area contributed by atoms with E-state index in [1.807, 2.05) is 42.5 Å². The summed E-state index contributed by atoms with van der Waals surface area (Å²) in [7, 11) is 0. The molecule has 2 aromatic carbocycles. The third-order valence-corrected chi connectivity index (χ3v) is 8.82. The van der Waals surface area contributed by atoms with E-state index in [2.05, 4.69) is 10.2 Å². The van der Waals surface area contributed by atoms with Crippen LogP contribution in [0.25, 0.3) is 0 Å². The number of hydrogen-bond donors (Lipinski definition) is 2. The van der Waals surface area contributed by atoms with Crippen LogP contribution in [-0.2, 0) is 12.1 Å². The van der Waals surface area contributed by atoms with Crippen LogP contribution in [0.5, 0.6) is 11.5 Å². The number of aliphatic hydroxyl groups is 1. The lowest BCUT2D eigenvalue weighted by Gasteiger charge is -2.51. The van der Waals surface area contributed by atoms with Crippen molar-refractivity contribution in [3.05, 3.63) is 71.9 Å². The molecule has 4 heterocycles. The van der Waals surface area contributed by atoms with E-state index >= 15 is 0 Å². The first-order valence-corrected chi connectivity index (χ1v) is 13.5. The van der Waals surface area contributed by atoms with Gasteiger partial charge in [0.25, 0.3) is 11.8 Å². The molecule has 4 aliphatic rings. The molecule has 3 aromatic rings. The summed E-state index contributed by atoms with van der Waals surface area (Å²) in [6.45, 7) is 3.65. The second-order valence-electron chi connectivity index (χ2n) is 11.1. The molecule has 2 bridgehead atoms. The lowest BCUT2D eigenvalue weighted by Crippen LogP contribution is -3.00. The van der Waals surface area contributed by atoms with Crippen molar-refractivity contribution in [1.82, 2.24) is 10.2 Å². The monoisotopic (exact) mass is 525 g/mol. The van der Waals surface area contributed by atoms with Crippen LogP contribution in [0.15, 0.2) is 59.0 Å². The van der Waals surface area contributed by atoms with Gasteiger partial charge in [-0.2, -0.15) is 0 Å². The maximum atomic E-state index is 12.1. The average Bonchev–Trinajstić information content (AvgIpc) is 3.38. The van der Waals surface area contributed by atoms with Gasteiger partial charge in [-0.3, -0.25) is 0 Å². The average molecular weight is 526 g/mol. The Kier molecular flexibility index (Phi) is 7.48. The maximum absolute atomic E-state index is 12.1. The predicted molar refractivity (Wildman–Crippen MR) is 134 cm³/mol. The number of rotatable bonds is 7. The Labute approximate surface area is 224 Å². The minimum Gasteiger partial charge on any atom is -1.00 e. The summed E-state index contributed by atoms with van der Waals surface area (Å²) < 4.78 is 13.5. The molecule has 2 N–H and O–H groups in total. The van der Waals surface area contributed by atoms with Gasteiger partial charge in [0.2, 0.25) is 0 Å². The van der Waals surface area contributed by atoms with Gasteiger partial charge in [-0.15, -0.1) is 10.2 Å². The number of halogens is 1. The zero-order chi connectivity index (χ0) is 24.6. The predicted octanol–water partition coefficient (Wildman–Crippen LogP) is 1.78. The molecule has 8 heteroatoms. The summed E-state index contributed by atoms with van der Waals surface area (Å²) in [4.78, 5) is 0. The smallest absolute Gasteiger partial charge is 0.271 e. The third-order valence-electron chi connectivity index (χ3n) is 8.82. The normalized spacial score (nSPS) is 27.3. The minimum absolute atomic E-state index is 0. The first kappa shape index (κ1) is 26.0. The number of quaternary nitrogens is 1. The van der Waals surface area contributed by atoms with E-state index in [9.17, 15) is 10.2 Å². The zero-order valence-electron chi connectivity index (χ0n) is 21.1. The van der Waals surface area contributed by atoms with Crippen LogP contribution >= 0.6 is 0 Å². The van der Waals surface area contributed by atoms with E-state index in [0.717, 1.165) is 68.2 Å². The Balaban J connectivity index is 0.00000280. The summed E-state index contributed by atoms with van der Waals surface area (Å²) in [6, 6.07) is 16.9. The molecule has 37 heavy (non-hydrogen) atoms. The van der Waals surface area contributed by atoms with Crippen molar-refractivity contribution in [2.45, 2.75) is 63.2 Å². The highest BCUT2D eigenvalue weighted by atomic mass is 35.5. The summed E-state index contributed by atoms with van der Waals surface area (Å²) in [5.74, 6) is 2.45. The standard InChI is InChI=1S/C29H35N3O4.ClH/c33-24-12-7-13-25(18-24)35-26-19-32(16-14-21(26)15-17-32)20-27-30-31-28(36-27)29(34,22-8-3-1-4-9-22)23-10-5-2-6-11-23;/h1,3-4,7-9,12-13,18,21,23,26,34H,2,5-6,10-11,14-17,19-20H2;1H/t21?,26-,29-,32?;/m0./s1. The molecule has 0 unspecified atom stereocenters. The van der Waals surface area contributed by atoms with Gasteiger partial charge < -0.3 is 36.3 Å². The van der Waals surface area contributed by atoms with E-state index in [1.54, 1.807) is 12.1 Å². The number of nitrogens with zero attached hydrogens (tertiary/aromatic N) is 3. The highest BCUT2D eigenvalue weighted by Crippen LogP contribution is 2.44. The van der Waals surface area contributed by atoms with Gasteiger partial charge >= 0.3 is 0 Å². The van der Waals surface area contributed by atoms with Crippen molar-refractivity contribution >= 4 is 0 Å². The van der Waals surface area contributed by atoms with E-state index in [0.29, 0.717) is 30.0 Å². The van der Waals surface area contributed by atoms with Crippen molar-refractivity contribution in [1.29, 1.82) is 0 Å². The number of fused-ring (bicyclic) bond motifs is 3. The number of ether oxygens (including phenoxy) is 1. The van der Waals surface area contributed by atoms with E-state index in [4.69, 9.17) is 9.15 Å². The first-order valence-electron chi connectivity index (χ1n) is 13.5. The summed E-state index contributed by atoms with van der Waals surface area (Å²) in [6.07, 6.45) is 7.65. The van der Waals surface area contributed by atoms with Crippen LogP contribution in [0, 0.1) is 11.8 Å². The lowest BCUT2D eigenvalue weighted by atomic mass is 9.73. The van der Waals surface area contributed by atoms with Gasteiger partial charge in [-0.05, 0) is 30.5 Å². The SMILES string of the molecule is Oc1cccc(O[C@H]2C[N+]3(Cc4nnc([C@](O)(c5ccccc5)C5CCCCC5)o4)CCC2CC3)c1.[Cl-]. The fourth-order valence-corrected chi connectivity index (χ4v) is 6.81. The van der Waals surface area contributed by atoms with Crippen LogP contribution in [0.1, 0.15) is 62.3 Å². The molecule has 7 nitrogen and oxygen atoms in total. The fraction of sp³-hybridized carbons (Fsp3) is 0.517. The van der Waals surface area contributed by atoms with Crippen LogP contribution in [0.2, 0.25) is 0 Å². The number of hydrogen-bond acceptors (Lipinski definition) is 6. The van der Waals surface area contributed by atoms with Crippen molar-refractivity contribution in [2.24, 2.45) is 11.8 Å². The first-order chi connectivity index (χ1) is 17.5. The maximum Gasteiger partial charge on any atom is 0.271 e. The minimum atomic E-state index is -1.26. The number of aromatic nitrogens is 2. The lowest BCUT2D eigenvalue weighted by molar-refractivity contribution is -0.959. The number of aromatic hydroxyl groups is 1. The molecule has 198 valence electrons. The van der Waals surface area contributed by atoms with Crippen molar-refractivity contribution < 1.29 is 36.3 Å². The topological polar surface area (TPSA) is 88.6 Å². The highest BCUT2D eigenvalue weighted by Gasteiger charge is 2.49. The molecular weight excluding hydrogens is 490 g/mol. The number of phenols is 1. The molecular formula is C29H36ClN3O4. The molecule has 1 aromatic heterocycles. The molecule has 2 atom stereocenters. The molecule has 0 radical (unpaired) electrons. The Morgan fingerprint density at radius 1 is 0.946 bits per heavy atom. The number of phenolic OH excluding ortho intramolecular Hbond substituents is 1. The molecule has 3 aliphatic heterocycles. The van der Waals surface area contributed by atoms with Crippen molar-refractivity contribution in [3.8, 4) is 11.5 Å². The van der Waals surface area contributed by atoms with E-state index < -0.39 is 5.60 Å². The molecule has 1 aliphatic carbocycles. The molecule has 7 rings (SSSR count). The van der Waals surface area contributed by atoms with Gasteiger partial charge in [0.1, 0.15) is 18.0 Å². The Morgan fingerprint density at radius 2 is 1.70 bits per heavy atom. The molecule has 3 saturated heterocycles. The van der Waals surface area contributed by atoms with E-state index in [1.165, 1.54) is 6.42 Å². The Bertz CT molecular complexity index is 1170. The molecule has 1 saturated carbocycles.